The summed E-state index contributed by atoms with van der Waals surface area (Å²) in [6.45, 7) is 1.86. The average molecular weight is 278 g/mol. The summed E-state index contributed by atoms with van der Waals surface area (Å²) in [4.78, 5) is 11.9. The Morgan fingerprint density at radius 1 is 1.21 bits per heavy atom. The van der Waals surface area contributed by atoms with Crippen molar-refractivity contribution in [1.29, 1.82) is 0 Å². The summed E-state index contributed by atoms with van der Waals surface area (Å²) in [7, 11) is 0. The standard InChI is InChI=1S/C15H13ClFNO/c1-10(11-5-7-13(16)8-6-11)18-15(19)12-3-2-4-14(17)9-12/h2-10H,1H3,(H,18,19)/t10-/m1/s1. The van der Waals surface area contributed by atoms with Gasteiger partial charge in [0.1, 0.15) is 5.82 Å². The summed E-state index contributed by atoms with van der Waals surface area (Å²) in [5.74, 6) is -0.728. The Morgan fingerprint density at radius 2 is 1.89 bits per heavy atom. The Labute approximate surface area is 116 Å². The Kier molecular flexibility index (Phi) is 4.17. The van der Waals surface area contributed by atoms with E-state index in [4.69, 9.17) is 11.6 Å². The normalized spacial score (nSPS) is 11.9. The van der Waals surface area contributed by atoms with Crippen molar-refractivity contribution < 1.29 is 9.18 Å². The van der Waals surface area contributed by atoms with Gasteiger partial charge in [0.15, 0.2) is 0 Å². The second kappa shape index (κ2) is 5.85. The molecule has 0 aromatic heterocycles. The van der Waals surface area contributed by atoms with Crippen LogP contribution in [0.1, 0.15) is 28.9 Å². The molecule has 0 saturated carbocycles. The highest BCUT2D eigenvalue weighted by Crippen LogP contribution is 2.16. The van der Waals surface area contributed by atoms with E-state index in [0.717, 1.165) is 5.56 Å². The Bertz CT molecular complexity index is 583. The van der Waals surface area contributed by atoms with Gasteiger partial charge in [-0.25, -0.2) is 4.39 Å². The zero-order chi connectivity index (χ0) is 13.8. The number of carbonyl (C=O) groups excluding carboxylic acids is 1. The predicted molar refractivity (Wildman–Crippen MR) is 73.7 cm³/mol. The molecule has 98 valence electrons. The van der Waals surface area contributed by atoms with Crippen LogP contribution in [-0.2, 0) is 0 Å². The van der Waals surface area contributed by atoms with Crippen LogP contribution in [0.2, 0.25) is 5.02 Å². The van der Waals surface area contributed by atoms with E-state index in [0.29, 0.717) is 10.6 Å². The lowest BCUT2D eigenvalue weighted by Crippen LogP contribution is -2.26. The molecule has 0 aliphatic heterocycles. The first-order valence-electron chi connectivity index (χ1n) is 5.88. The smallest absolute Gasteiger partial charge is 0.251 e. The summed E-state index contributed by atoms with van der Waals surface area (Å²) >= 11 is 5.81. The quantitative estimate of drug-likeness (QED) is 0.904. The lowest BCUT2D eigenvalue weighted by atomic mass is 10.1. The van der Waals surface area contributed by atoms with Gasteiger partial charge >= 0.3 is 0 Å². The molecule has 0 bridgehead atoms. The van der Waals surface area contributed by atoms with Gasteiger partial charge in [0.05, 0.1) is 6.04 Å². The molecule has 1 amide bonds. The van der Waals surface area contributed by atoms with Gasteiger partial charge in [-0.05, 0) is 42.8 Å². The second-order valence-electron chi connectivity index (χ2n) is 4.26. The van der Waals surface area contributed by atoms with Crippen LogP contribution in [0.3, 0.4) is 0 Å². The lowest BCUT2D eigenvalue weighted by Gasteiger charge is -2.14. The highest BCUT2D eigenvalue weighted by atomic mass is 35.5. The van der Waals surface area contributed by atoms with Crippen LogP contribution in [-0.4, -0.2) is 5.91 Å². The van der Waals surface area contributed by atoms with E-state index in [1.165, 1.54) is 18.2 Å². The molecule has 0 radical (unpaired) electrons. The van der Waals surface area contributed by atoms with Gasteiger partial charge in [-0.2, -0.15) is 0 Å². The van der Waals surface area contributed by atoms with Gasteiger partial charge in [0.25, 0.3) is 5.91 Å². The fourth-order valence-electron chi connectivity index (χ4n) is 1.74. The van der Waals surface area contributed by atoms with Crippen molar-refractivity contribution in [3.05, 3.63) is 70.5 Å². The van der Waals surface area contributed by atoms with Crippen LogP contribution in [0, 0.1) is 5.82 Å². The van der Waals surface area contributed by atoms with Gasteiger partial charge in [0.2, 0.25) is 0 Å². The molecule has 19 heavy (non-hydrogen) atoms. The van der Waals surface area contributed by atoms with Gasteiger partial charge in [0, 0.05) is 10.6 Å². The Balaban J connectivity index is 2.08. The van der Waals surface area contributed by atoms with Crippen molar-refractivity contribution in [2.24, 2.45) is 0 Å². The third-order valence-corrected chi connectivity index (χ3v) is 3.06. The van der Waals surface area contributed by atoms with E-state index in [9.17, 15) is 9.18 Å². The predicted octanol–water partition coefficient (Wildman–Crippen LogP) is 3.97. The summed E-state index contributed by atoms with van der Waals surface area (Å²) < 4.78 is 13.0. The van der Waals surface area contributed by atoms with Crippen molar-refractivity contribution >= 4 is 17.5 Å². The summed E-state index contributed by atoms with van der Waals surface area (Å²) in [5, 5.41) is 3.46. The van der Waals surface area contributed by atoms with E-state index in [-0.39, 0.29) is 11.9 Å². The first-order chi connectivity index (χ1) is 9.06. The number of amides is 1. The molecular weight excluding hydrogens is 265 g/mol. The van der Waals surface area contributed by atoms with E-state index < -0.39 is 5.82 Å². The molecular formula is C15H13ClFNO. The van der Waals surface area contributed by atoms with Crippen LogP contribution >= 0.6 is 11.6 Å². The monoisotopic (exact) mass is 277 g/mol. The fourth-order valence-corrected chi connectivity index (χ4v) is 1.87. The van der Waals surface area contributed by atoms with Crippen molar-refractivity contribution in [3.63, 3.8) is 0 Å². The molecule has 2 nitrogen and oxygen atoms in total. The average Bonchev–Trinajstić information content (AvgIpc) is 2.39. The number of benzene rings is 2. The van der Waals surface area contributed by atoms with Crippen LogP contribution in [0.5, 0.6) is 0 Å². The molecule has 0 aliphatic rings. The molecule has 0 saturated heterocycles. The van der Waals surface area contributed by atoms with E-state index >= 15 is 0 Å². The molecule has 0 spiro atoms. The minimum absolute atomic E-state index is 0.173. The minimum atomic E-state index is -0.424. The van der Waals surface area contributed by atoms with Gasteiger partial charge < -0.3 is 5.32 Å². The first-order valence-corrected chi connectivity index (χ1v) is 6.26. The third-order valence-electron chi connectivity index (χ3n) is 2.80. The number of rotatable bonds is 3. The Morgan fingerprint density at radius 3 is 2.53 bits per heavy atom. The molecule has 2 rings (SSSR count). The zero-order valence-electron chi connectivity index (χ0n) is 10.4. The minimum Gasteiger partial charge on any atom is -0.346 e. The van der Waals surface area contributed by atoms with Crippen LogP contribution in [0.15, 0.2) is 48.5 Å². The van der Waals surface area contributed by atoms with Gasteiger partial charge in [-0.15, -0.1) is 0 Å². The van der Waals surface area contributed by atoms with Crippen molar-refractivity contribution in [2.75, 3.05) is 0 Å². The maximum Gasteiger partial charge on any atom is 0.251 e. The molecule has 0 aliphatic carbocycles. The summed E-state index contributed by atoms with van der Waals surface area (Å²) in [6, 6.07) is 12.7. The number of hydrogen-bond acceptors (Lipinski definition) is 1. The number of nitrogens with one attached hydrogen (secondary N) is 1. The molecule has 0 fully saturated rings. The topological polar surface area (TPSA) is 29.1 Å². The molecule has 2 aromatic rings. The van der Waals surface area contributed by atoms with Crippen LogP contribution in [0.25, 0.3) is 0 Å². The largest absolute Gasteiger partial charge is 0.346 e. The maximum atomic E-state index is 13.0. The number of hydrogen-bond donors (Lipinski definition) is 1. The molecule has 4 heteroatoms. The molecule has 1 atom stereocenters. The second-order valence-corrected chi connectivity index (χ2v) is 4.69. The maximum absolute atomic E-state index is 13.0. The van der Waals surface area contributed by atoms with Gasteiger partial charge in [-0.3, -0.25) is 4.79 Å². The molecule has 0 unspecified atom stereocenters. The highest BCUT2D eigenvalue weighted by Gasteiger charge is 2.11. The van der Waals surface area contributed by atoms with Gasteiger partial charge in [-0.1, -0.05) is 29.8 Å². The van der Waals surface area contributed by atoms with Crippen molar-refractivity contribution in [3.8, 4) is 0 Å². The van der Waals surface area contributed by atoms with Crippen LogP contribution in [0.4, 0.5) is 4.39 Å². The summed E-state index contributed by atoms with van der Waals surface area (Å²) in [5.41, 5.74) is 1.25. The van der Waals surface area contributed by atoms with Crippen molar-refractivity contribution in [2.45, 2.75) is 13.0 Å². The van der Waals surface area contributed by atoms with Crippen molar-refractivity contribution in [1.82, 2.24) is 5.32 Å². The third kappa shape index (κ3) is 3.55. The molecule has 1 N–H and O–H groups in total. The fraction of sp³-hybridized carbons (Fsp3) is 0.133. The molecule has 0 heterocycles. The lowest BCUT2D eigenvalue weighted by molar-refractivity contribution is 0.0939. The first kappa shape index (κ1) is 13.6. The highest BCUT2D eigenvalue weighted by molar-refractivity contribution is 6.30. The number of carbonyl (C=O) groups is 1. The SMILES string of the molecule is C[C@@H](NC(=O)c1cccc(F)c1)c1ccc(Cl)cc1. The van der Waals surface area contributed by atoms with E-state index in [1.54, 1.807) is 18.2 Å². The Hall–Kier alpha value is -1.87. The van der Waals surface area contributed by atoms with E-state index in [2.05, 4.69) is 5.32 Å². The van der Waals surface area contributed by atoms with Crippen LogP contribution < -0.4 is 5.32 Å². The number of halogens is 2. The molecule has 2 aromatic carbocycles. The van der Waals surface area contributed by atoms with E-state index in [1.807, 2.05) is 19.1 Å². The summed E-state index contributed by atoms with van der Waals surface area (Å²) in [6.07, 6.45) is 0. The zero-order valence-corrected chi connectivity index (χ0v) is 11.1.